The van der Waals surface area contributed by atoms with E-state index in [-0.39, 0.29) is 23.1 Å². The van der Waals surface area contributed by atoms with Gasteiger partial charge >= 0.3 is 0 Å². The molecule has 0 fully saturated rings. The number of hydrogen-bond donors (Lipinski definition) is 1. The van der Waals surface area contributed by atoms with Crippen LogP contribution in [0.25, 0.3) is 10.8 Å². The highest BCUT2D eigenvalue weighted by Gasteiger charge is 2.22. The molecule has 0 spiro atoms. The first kappa shape index (κ1) is 23.7. The molecular weight excluding hydrogens is 476 g/mol. The van der Waals surface area contributed by atoms with Gasteiger partial charge in [0.25, 0.3) is 10.0 Å². The number of nitrogens with zero attached hydrogens (tertiary/aromatic N) is 1. The Labute approximate surface area is 203 Å². The predicted octanol–water partition coefficient (Wildman–Crippen LogP) is 5.59. The molecule has 176 valence electrons. The molecule has 0 radical (unpaired) electrons. The summed E-state index contributed by atoms with van der Waals surface area (Å²) in [6.07, 6.45) is 1.64. The number of nitrogens with one attached hydrogen (secondary N) is 1. The molecule has 0 unspecified atom stereocenters. The van der Waals surface area contributed by atoms with Crippen LogP contribution in [-0.4, -0.2) is 27.6 Å². The van der Waals surface area contributed by atoms with Crippen molar-refractivity contribution in [1.82, 2.24) is 4.98 Å². The summed E-state index contributed by atoms with van der Waals surface area (Å²) in [7, 11) is -0.858. The highest BCUT2D eigenvalue weighted by atomic mass is 35.5. The summed E-state index contributed by atoms with van der Waals surface area (Å²) >= 11 is 6.16. The van der Waals surface area contributed by atoms with Crippen molar-refractivity contribution in [3.63, 3.8) is 0 Å². The smallest absolute Gasteiger partial charge is 0.262 e. The Balaban J connectivity index is 1.72. The van der Waals surface area contributed by atoms with Crippen LogP contribution in [0.15, 0.2) is 71.8 Å². The van der Waals surface area contributed by atoms with E-state index >= 15 is 0 Å². The van der Waals surface area contributed by atoms with Crippen molar-refractivity contribution in [2.24, 2.45) is 0 Å². The first-order valence-electron chi connectivity index (χ1n) is 10.3. The number of fused-ring (bicyclic) bond motifs is 1. The zero-order valence-electron chi connectivity index (χ0n) is 18.8. The maximum atomic E-state index is 13.3. The average molecular weight is 499 g/mol. The second-order valence-electron chi connectivity index (χ2n) is 7.47. The van der Waals surface area contributed by atoms with E-state index in [1.807, 2.05) is 30.3 Å². The molecule has 0 bridgehead atoms. The fraction of sp³-hybridized carbons (Fsp3) is 0.160. The number of rotatable bonds is 8. The fourth-order valence-corrected chi connectivity index (χ4v) is 5.12. The molecule has 0 aliphatic carbocycles. The molecule has 34 heavy (non-hydrogen) atoms. The molecule has 1 N–H and O–H groups in total. The van der Waals surface area contributed by atoms with Crippen LogP contribution in [0.3, 0.4) is 0 Å². The van der Waals surface area contributed by atoms with Crippen molar-refractivity contribution in [2.75, 3.05) is 18.9 Å². The molecule has 1 heterocycles. The van der Waals surface area contributed by atoms with Gasteiger partial charge in [0.1, 0.15) is 12.3 Å². The zero-order chi connectivity index (χ0) is 24.3. The third-order valence-corrected chi connectivity index (χ3v) is 7.24. The zero-order valence-corrected chi connectivity index (χ0v) is 20.4. The van der Waals surface area contributed by atoms with E-state index in [0.29, 0.717) is 27.5 Å². The van der Waals surface area contributed by atoms with Crippen LogP contribution >= 0.6 is 11.6 Å². The maximum absolute atomic E-state index is 13.3. The average Bonchev–Trinajstić information content (AvgIpc) is 2.84. The van der Waals surface area contributed by atoms with Crippen LogP contribution in [0.1, 0.15) is 11.1 Å². The van der Waals surface area contributed by atoms with Gasteiger partial charge in [-0.1, -0.05) is 48.0 Å². The van der Waals surface area contributed by atoms with Gasteiger partial charge in [-0.05, 0) is 42.3 Å². The second-order valence-corrected chi connectivity index (χ2v) is 9.53. The number of sulfonamides is 1. The third-order valence-electron chi connectivity index (χ3n) is 5.33. The van der Waals surface area contributed by atoms with Crippen molar-refractivity contribution >= 4 is 38.1 Å². The summed E-state index contributed by atoms with van der Waals surface area (Å²) in [6.45, 7) is 1.79. The Kier molecular flexibility index (Phi) is 6.81. The molecule has 3 aromatic carbocycles. The van der Waals surface area contributed by atoms with Crippen LogP contribution in [0, 0.1) is 6.92 Å². The normalized spacial score (nSPS) is 11.3. The first-order chi connectivity index (χ1) is 16.3. The van der Waals surface area contributed by atoms with Gasteiger partial charge in [-0.25, -0.2) is 13.4 Å². The molecular formula is C25H23ClN2O5S. The topological polar surface area (TPSA) is 86.8 Å². The Bertz CT molecular complexity index is 1460. The van der Waals surface area contributed by atoms with Gasteiger partial charge in [0.05, 0.1) is 19.1 Å². The molecule has 4 rings (SSSR count). The number of halogens is 1. The predicted molar refractivity (Wildman–Crippen MR) is 133 cm³/mol. The van der Waals surface area contributed by atoms with Crippen LogP contribution in [0.5, 0.6) is 17.4 Å². The first-order valence-corrected chi connectivity index (χ1v) is 12.2. The van der Waals surface area contributed by atoms with Gasteiger partial charge in [-0.2, -0.15) is 0 Å². The number of hydrogen-bond acceptors (Lipinski definition) is 6. The Hall–Kier alpha value is -3.49. The van der Waals surface area contributed by atoms with Crippen LogP contribution in [0.4, 0.5) is 5.69 Å². The van der Waals surface area contributed by atoms with Gasteiger partial charge in [0, 0.05) is 22.0 Å². The number of anilines is 1. The van der Waals surface area contributed by atoms with E-state index < -0.39 is 10.0 Å². The van der Waals surface area contributed by atoms with Crippen molar-refractivity contribution < 1.29 is 22.6 Å². The number of pyridine rings is 1. The third kappa shape index (κ3) is 4.73. The van der Waals surface area contributed by atoms with E-state index in [2.05, 4.69) is 9.71 Å². The molecule has 0 saturated carbocycles. The molecule has 7 nitrogen and oxygen atoms in total. The van der Waals surface area contributed by atoms with Crippen molar-refractivity contribution in [3.8, 4) is 17.4 Å². The summed E-state index contributed by atoms with van der Waals surface area (Å²) in [5.74, 6) is 1.31. The molecule has 4 aromatic rings. The number of aromatic nitrogens is 1. The molecule has 1 aromatic heterocycles. The van der Waals surface area contributed by atoms with Crippen molar-refractivity contribution in [1.29, 1.82) is 0 Å². The highest BCUT2D eigenvalue weighted by Crippen LogP contribution is 2.35. The lowest BCUT2D eigenvalue weighted by Gasteiger charge is -2.17. The lowest BCUT2D eigenvalue weighted by Crippen LogP contribution is -2.16. The number of ether oxygens (including phenoxy) is 3. The molecule has 0 saturated heterocycles. The van der Waals surface area contributed by atoms with Crippen LogP contribution in [0.2, 0.25) is 5.02 Å². The summed E-state index contributed by atoms with van der Waals surface area (Å²) in [6, 6.07) is 17.5. The Morgan fingerprint density at radius 1 is 0.971 bits per heavy atom. The van der Waals surface area contributed by atoms with E-state index in [0.717, 1.165) is 10.9 Å². The minimum absolute atomic E-state index is 0.0822. The lowest BCUT2D eigenvalue weighted by molar-refractivity contribution is 0.294. The molecule has 9 heteroatoms. The molecule has 0 aliphatic heterocycles. The van der Waals surface area contributed by atoms with E-state index in [9.17, 15) is 8.42 Å². The summed E-state index contributed by atoms with van der Waals surface area (Å²) in [5, 5.41) is 1.79. The Morgan fingerprint density at radius 2 is 1.74 bits per heavy atom. The second kappa shape index (κ2) is 9.79. The maximum Gasteiger partial charge on any atom is 0.262 e. The van der Waals surface area contributed by atoms with Gasteiger partial charge in [-0.3, -0.25) is 4.72 Å². The molecule has 0 amide bonds. The minimum atomic E-state index is -3.97. The lowest BCUT2D eigenvalue weighted by atomic mass is 10.1. The fourth-order valence-electron chi connectivity index (χ4n) is 3.54. The largest absolute Gasteiger partial charge is 0.493 e. The molecule has 0 atom stereocenters. The van der Waals surface area contributed by atoms with Gasteiger partial charge in [0.2, 0.25) is 5.88 Å². The molecule has 0 aliphatic rings. The number of methoxy groups -OCH3 is 2. The van der Waals surface area contributed by atoms with Crippen LogP contribution in [-0.2, 0) is 16.6 Å². The van der Waals surface area contributed by atoms with Crippen LogP contribution < -0.4 is 18.9 Å². The minimum Gasteiger partial charge on any atom is -0.493 e. The van der Waals surface area contributed by atoms with E-state index in [1.165, 1.54) is 6.07 Å². The number of benzene rings is 3. The van der Waals surface area contributed by atoms with Crippen molar-refractivity contribution in [2.45, 2.75) is 18.4 Å². The summed E-state index contributed by atoms with van der Waals surface area (Å²) in [4.78, 5) is 4.47. The van der Waals surface area contributed by atoms with Gasteiger partial charge in [-0.15, -0.1) is 0 Å². The quantitative estimate of drug-likeness (QED) is 0.340. The Morgan fingerprint density at radius 3 is 2.50 bits per heavy atom. The standard InChI is InChI=1S/C25H23ClN2O5S/c1-16-20(26)9-6-10-23(16)34(29,30)28-24-19-8-5-4-7-18(19)14-27-25(24)33-15-17-11-12-21(31-2)22(13-17)32-3/h4-14,28H,15H2,1-3H3. The summed E-state index contributed by atoms with van der Waals surface area (Å²) in [5.41, 5.74) is 1.50. The highest BCUT2D eigenvalue weighted by molar-refractivity contribution is 7.92. The van der Waals surface area contributed by atoms with Crippen molar-refractivity contribution in [3.05, 3.63) is 83.0 Å². The monoisotopic (exact) mass is 498 g/mol. The van der Waals surface area contributed by atoms with Gasteiger partial charge < -0.3 is 14.2 Å². The summed E-state index contributed by atoms with van der Waals surface area (Å²) < 4.78 is 45.9. The van der Waals surface area contributed by atoms with E-state index in [4.69, 9.17) is 25.8 Å². The SMILES string of the molecule is COc1ccc(COc2ncc3ccccc3c2NS(=O)(=O)c2cccc(Cl)c2C)cc1OC. The van der Waals surface area contributed by atoms with Gasteiger partial charge in [0.15, 0.2) is 11.5 Å². The van der Waals surface area contributed by atoms with E-state index in [1.54, 1.807) is 51.6 Å².